The quantitative estimate of drug-likeness (QED) is 0.786. The van der Waals surface area contributed by atoms with Crippen molar-refractivity contribution in [1.29, 1.82) is 0 Å². The lowest BCUT2D eigenvalue weighted by Gasteiger charge is -2.12. The highest BCUT2D eigenvalue weighted by Gasteiger charge is 2.28. The lowest BCUT2D eigenvalue weighted by Crippen LogP contribution is -2.05. The number of hydrogen-bond acceptors (Lipinski definition) is 3. The first-order chi connectivity index (χ1) is 10.3. The van der Waals surface area contributed by atoms with Crippen molar-refractivity contribution in [1.82, 2.24) is 15.2 Å². The molecule has 1 N–H and O–H groups in total. The number of aromatic nitrogens is 3. The highest BCUT2D eigenvalue weighted by molar-refractivity contribution is 5.83. The molecule has 0 spiro atoms. The number of nitrogens with zero attached hydrogens (tertiary/aromatic N) is 2. The average Bonchev–Trinajstić information content (AvgIpc) is 3.24. The molecule has 0 saturated heterocycles. The molecule has 0 bridgehead atoms. The van der Waals surface area contributed by atoms with E-state index in [0.717, 1.165) is 17.4 Å². The van der Waals surface area contributed by atoms with Gasteiger partial charge < -0.3 is 4.74 Å². The first-order valence-corrected chi connectivity index (χ1v) is 7.37. The maximum Gasteiger partial charge on any atom is 0.191 e. The van der Waals surface area contributed by atoms with Gasteiger partial charge in [-0.3, -0.25) is 5.10 Å². The van der Waals surface area contributed by atoms with E-state index in [1.165, 1.54) is 23.6 Å². The molecule has 21 heavy (non-hydrogen) atoms. The van der Waals surface area contributed by atoms with Gasteiger partial charge in [0.05, 0.1) is 0 Å². The minimum absolute atomic E-state index is 0.157. The Morgan fingerprint density at radius 3 is 2.76 bits per heavy atom. The Morgan fingerprint density at radius 1 is 1.14 bits per heavy atom. The summed E-state index contributed by atoms with van der Waals surface area (Å²) in [5.74, 6) is 3.15. The molecule has 1 saturated carbocycles. The van der Waals surface area contributed by atoms with E-state index >= 15 is 0 Å². The van der Waals surface area contributed by atoms with E-state index in [9.17, 15) is 0 Å². The molecule has 1 aliphatic carbocycles. The molecule has 0 radical (unpaired) electrons. The molecule has 2 aromatic carbocycles. The van der Waals surface area contributed by atoms with Crippen LogP contribution in [0.25, 0.3) is 10.8 Å². The van der Waals surface area contributed by atoms with Gasteiger partial charge in [0.2, 0.25) is 0 Å². The van der Waals surface area contributed by atoms with Gasteiger partial charge in [-0.2, -0.15) is 5.10 Å². The zero-order valence-electron chi connectivity index (χ0n) is 11.9. The predicted octanol–water partition coefficient (Wildman–Crippen LogP) is 3.98. The SMILES string of the molecule is CC(Oc1ccc2ccccc2c1)c1n[nH]c(C2CC2)n1. The van der Waals surface area contributed by atoms with Gasteiger partial charge in [0.15, 0.2) is 11.9 Å². The third-order valence-corrected chi connectivity index (χ3v) is 3.88. The Bertz CT molecular complexity index is 776. The van der Waals surface area contributed by atoms with Crippen LogP contribution < -0.4 is 4.74 Å². The van der Waals surface area contributed by atoms with Gasteiger partial charge in [0.25, 0.3) is 0 Å². The molecule has 1 heterocycles. The number of nitrogens with one attached hydrogen (secondary N) is 1. The molecule has 1 fully saturated rings. The second-order valence-electron chi connectivity index (χ2n) is 5.62. The summed E-state index contributed by atoms with van der Waals surface area (Å²) in [5, 5.41) is 9.69. The summed E-state index contributed by atoms with van der Waals surface area (Å²) in [6, 6.07) is 14.4. The van der Waals surface area contributed by atoms with Crippen LogP contribution in [0.2, 0.25) is 0 Å². The van der Waals surface area contributed by atoms with Crippen LogP contribution in [-0.2, 0) is 0 Å². The fourth-order valence-electron chi connectivity index (χ4n) is 2.51. The summed E-state index contributed by atoms with van der Waals surface area (Å²) in [7, 11) is 0. The van der Waals surface area contributed by atoms with E-state index in [-0.39, 0.29) is 6.10 Å². The van der Waals surface area contributed by atoms with Gasteiger partial charge in [-0.25, -0.2) is 4.98 Å². The van der Waals surface area contributed by atoms with E-state index in [1.807, 2.05) is 25.1 Å². The summed E-state index contributed by atoms with van der Waals surface area (Å²) in [4.78, 5) is 4.54. The molecule has 4 nitrogen and oxygen atoms in total. The summed E-state index contributed by atoms with van der Waals surface area (Å²) in [6.07, 6.45) is 2.28. The highest BCUT2D eigenvalue weighted by Crippen LogP contribution is 2.38. The van der Waals surface area contributed by atoms with Crippen molar-refractivity contribution in [2.45, 2.75) is 31.8 Å². The number of fused-ring (bicyclic) bond motifs is 1. The van der Waals surface area contributed by atoms with Crippen LogP contribution in [-0.4, -0.2) is 15.2 Å². The van der Waals surface area contributed by atoms with Crippen molar-refractivity contribution in [3.8, 4) is 5.75 Å². The van der Waals surface area contributed by atoms with Crippen molar-refractivity contribution in [2.75, 3.05) is 0 Å². The van der Waals surface area contributed by atoms with Gasteiger partial charge >= 0.3 is 0 Å². The second kappa shape index (κ2) is 4.88. The van der Waals surface area contributed by atoms with Crippen molar-refractivity contribution in [3.05, 3.63) is 54.1 Å². The fraction of sp³-hybridized carbons (Fsp3) is 0.294. The molecular formula is C17H17N3O. The van der Waals surface area contributed by atoms with Crippen LogP contribution in [0.15, 0.2) is 42.5 Å². The van der Waals surface area contributed by atoms with Crippen LogP contribution in [0, 0.1) is 0 Å². The van der Waals surface area contributed by atoms with Gasteiger partial charge in [-0.05, 0) is 42.7 Å². The Hall–Kier alpha value is -2.36. The zero-order valence-corrected chi connectivity index (χ0v) is 11.9. The first kappa shape index (κ1) is 12.4. The summed E-state index contributed by atoms with van der Waals surface area (Å²) < 4.78 is 5.98. The molecule has 4 heteroatoms. The number of ether oxygens (including phenoxy) is 1. The molecule has 1 aromatic heterocycles. The number of aromatic amines is 1. The average molecular weight is 279 g/mol. The van der Waals surface area contributed by atoms with Crippen molar-refractivity contribution in [3.63, 3.8) is 0 Å². The van der Waals surface area contributed by atoms with E-state index in [2.05, 4.69) is 39.4 Å². The monoisotopic (exact) mass is 279 g/mol. The number of benzene rings is 2. The molecule has 3 aromatic rings. The fourth-order valence-corrected chi connectivity index (χ4v) is 2.51. The third kappa shape index (κ3) is 2.49. The van der Waals surface area contributed by atoms with Gasteiger partial charge in [-0.15, -0.1) is 0 Å². The predicted molar refractivity (Wildman–Crippen MR) is 81.3 cm³/mol. The standard InChI is InChI=1S/C17H17N3O/c1-11(16-18-17(20-19-16)13-6-7-13)21-15-9-8-12-4-2-3-5-14(12)10-15/h2-5,8-11,13H,6-7H2,1H3,(H,18,19,20). The summed E-state index contributed by atoms with van der Waals surface area (Å²) in [6.45, 7) is 1.98. The minimum atomic E-state index is -0.157. The number of rotatable bonds is 4. The highest BCUT2D eigenvalue weighted by atomic mass is 16.5. The Labute approximate surface area is 123 Å². The van der Waals surface area contributed by atoms with Crippen LogP contribution >= 0.6 is 0 Å². The van der Waals surface area contributed by atoms with Gasteiger partial charge in [0, 0.05) is 5.92 Å². The van der Waals surface area contributed by atoms with Crippen molar-refractivity contribution in [2.24, 2.45) is 0 Å². The normalized spacial score (nSPS) is 16.0. The summed E-state index contributed by atoms with van der Waals surface area (Å²) >= 11 is 0. The van der Waals surface area contributed by atoms with Crippen molar-refractivity contribution < 1.29 is 4.74 Å². The molecule has 106 valence electrons. The number of hydrogen-bond donors (Lipinski definition) is 1. The molecular weight excluding hydrogens is 262 g/mol. The topological polar surface area (TPSA) is 50.8 Å². The lowest BCUT2D eigenvalue weighted by atomic mass is 10.1. The molecule has 0 aliphatic heterocycles. The van der Waals surface area contributed by atoms with Gasteiger partial charge in [-0.1, -0.05) is 30.3 Å². The maximum absolute atomic E-state index is 5.98. The maximum atomic E-state index is 5.98. The van der Waals surface area contributed by atoms with E-state index in [4.69, 9.17) is 4.74 Å². The zero-order chi connectivity index (χ0) is 14.2. The molecule has 4 rings (SSSR count). The number of H-pyrrole nitrogens is 1. The Morgan fingerprint density at radius 2 is 1.95 bits per heavy atom. The van der Waals surface area contributed by atoms with Crippen LogP contribution in [0.4, 0.5) is 0 Å². The van der Waals surface area contributed by atoms with Crippen molar-refractivity contribution >= 4 is 10.8 Å². The third-order valence-electron chi connectivity index (χ3n) is 3.88. The first-order valence-electron chi connectivity index (χ1n) is 7.37. The van der Waals surface area contributed by atoms with E-state index in [1.54, 1.807) is 0 Å². The molecule has 1 atom stereocenters. The van der Waals surface area contributed by atoms with Crippen LogP contribution in [0.1, 0.15) is 43.4 Å². The Balaban J connectivity index is 1.54. The van der Waals surface area contributed by atoms with E-state index < -0.39 is 0 Å². The minimum Gasteiger partial charge on any atom is -0.483 e. The van der Waals surface area contributed by atoms with Crippen LogP contribution in [0.3, 0.4) is 0 Å². The van der Waals surface area contributed by atoms with Crippen LogP contribution in [0.5, 0.6) is 5.75 Å². The van der Waals surface area contributed by atoms with E-state index in [0.29, 0.717) is 5.92 Å². The smallest absolute Gasteiger partial charge is 0.191 e. The molecule has 0 amide bonds. The lowest BCUT2D eigenvalue weighted by molar-refractivity contribution is 0.217. The largest absolute Gasteiger partial charge is 0.483 e. The molecule has 1 unspecified atom stereocenters. The summed E-state index contributed by atoms with van der Waals surface area (Å²) in [5.41, 5.74) is 0. The molecule has 1 aliphatic rings. The Kier molecular flexibility index (Phi) is 2.88. The van der Waals surface area contributed by atoms with Gasteiger partial charge in [0.1, 0.15) is 11.6 Å². The second-order valence-corrected chi connectivity index (χ2v) is 5.62.